The summed E-state index contributed by atoms with van der Waals surface area (Å²) in [7, 11) is 2.00. The van der Waals surface area contributed by atoms with Gasteiger partial charge in [-0.05, 0) is 24.1 Å². The molecule has 4 nitrogen and oxygen atoms in total. The Kier molecular flexibility index (Phi) is 5.18. The molecule has 0 aliphatic rings. The molecule has 1 aromatic heterocycles. The second kappa shape index (κ2) is 7.10. The number of hydrogen-bond acceptors (Lipinski definition) is 4. The molecule has 1 aromatic carbocycles. The number of nitrogens with one attached hydrogen (secondary N) is 1. The smallest absolute Gasteiger partial charge is 0.149 e. The Bertz CT molecular complexity index is 542. The van der Waals surface area contributed by atoms with Crippen LogP contribution in [0.25, 0.3) is 0 Å². The van der Waals surface area contributed by atoms with Gasteiger partial charge in [0.25, 0.3) is 0 Å². The van der Waals surface area contributed by atoms with E-state index in [4.69, 9.17) is 11.6 Å². The fraction of sp³-hybridized carbons (Fsp3) is 0.333. The van der Waals surface area contributed by atoms with Crippen molar-refractivity contribution in [1.82, 2.24) is 9.97 Å². The number of benzene rings is 1. The molecule has 0 aliphatic heterocycles. The molecule has 1 N–H and O–H groups in total. The topological polar surface area (TPSA) is 41.1 Å². The van der Waals surface area contributed by atoms with Crippen LogP contribution in [0, 0.1) is 0 Å². The molecule has 0 fully saturated rings. The van der Waals surface area contributed by atoms with E-state index in [1.807, 2.05) is 31.3 Å². The van der Waals surface area contributed by atoms with Gasteiger partial charge >= 0.3 is 0 Å². The third-order valence-corrected chi connectivity index (χ3v) is 3.15. The molecular formula is C15H19ClN4. The first-order valence-corrected chi connectivity index (χ1v) is 7.08. The summed E-state index contributed by atoms with van der Waals surface area (Å²) in [5, 5.41) is 4.00. The van der Waals surface area contributed by atoms with Crippen LogP contribution in [0.2, 0.25) is 5.02 Å². The lowest BCUT2D eigenvalue weighted by Gasteiger charge is -2.18. The molecule has 0 amide bonds. The molecule has 0 bridgehead atoms. The van der Waals surface area contributed by atoms with Gasteiger partial charge in [0.1, 0.15) is 11.6 Å². The first-order valence-electron chi connectivity index (χ1n) is 6.70. The van der Waals surface area contributed by atoms with Crippen molar-refractivity contribution in [3.8, 4) is 0 Å². The Morgan fingerprint density at radius 3 is 2.65 bits per heavy atom. The van der Waals surface area contributed by atoms with Crippen molar-refractivity contribution in [2.24, 2.45) is 0 Å². The summed E-state index contributed by atoms with van der Waals surface area (Å²) in [4.78, 5) is 10.8. The summed E-state index contributed by atoms with van der Waals surface area (Å²) < 4.78 is 0. The number of aromatic nitrogens is 2. The molecule has 2 rings (SSSR count). The standard InChI is InChI=1S/C15H19ClN4/c1-3-8-18-14-9-17-10-15(19-14)20(2)11-12-4-6-13(16)7-5-12/h4-7,9-10H,3,8,11H2,1-2H3,(H,18,19). The van der Waals surface area contributed by atoms with Gasteiger partial charge in [-0.2, -0.15) is 0 Å². The van der Waals surface area contributed by atoms with Gasteiger partial charge in [-0.25, -0.2) is 4.98 Å². The van der Waals surface area contributed by atoms with Gasteiger partial charge in [0.2, 0.25) is 0 Å². The second-order valence-electron chi connectivity index (χ2n) is 4.67. The van der Waals surface area contributed by atoms with Crippen LogP contribution in [0.4, 0.5) is 11.6 Å². The van der Waals surface area contributed by atoms with Crippen LogP contribution in [0.15, 0.2) is 36.7 Å². The summed E-state index contributed by atoms with van der Waals surface area (Å²) in [5.41, 5.74) is 1.19. The monoisotopic (exact) mass is 290 g/mol. The van der Waals surface area contributed by atoms with Crippen molar-refractivity contribution in [2.45, 2.75) is 19.9 Å². The maximum Gasteiger partial charge on any atom is 0.149 e. The van der Waals surface area contributed by atoms with E-state index >= 15 is 0 Å². The predicted molar refractivity (Wildman–Crippen MR) is 84.4 cm³/mol. The highest BCUT2D eigenvalue weighted by Crippen LogP contribution is 2.15. The lowest BCUT2D eigenvalue weighted by Crippen LogP contribution is -2.18. The van der Waals surface area contributed by atoms with Crippen molar-refractivity contribution in [3.63, 3.8) is 0 Å². The van der Waals surface area contributed by atoms with E-state index in [-0.39, 0.29) is 0 Å². The first-order chi connectivity index (χ1) is 9.69. The molecular weight excluding hydrogens is 272 g/mol. The number of anilines is 2. The molecule has 0 unspecified atom stereocenters. The summed E-state index contributed by atoms with van der Waals surface area (Å²) >= 11 is 5.89. The van der Waals surface area contributed by atoms with E-state index in [2.05, 4.69) is 27.1 Å². The van der Waals surface area contributed by atoms with Crippen molar-refractivity contribution in [3.05, 3.63) is 47.2 Å². The molecule has 0 aliphatic carbocycles. The zero-order valence-corrected chi connectivity index (χ0v) is 12.6. The van der Waals surface area contributed by atoms with Gasteiger partial charge in [-0.1, -0.05) is 30.7 Å². The third kappa shape index (κ3) is 4.10. The Hall–Kier alpha value is -1.81. The van der Waals surface area contributed by atoms with Gasteiger partial charge in [-0.15, -0.1) is 0 Å². The van der Waals surface area contributed by atoms with Gasteiger partial charge in [0.05, 0.1) is 12.4 Å². The Morgan fingerprint density at radius 2 is 1.95 bits per heavy atom. The highest BCUT2D eigenvalue weighted by molar-refractivity contribution is 6.30. The van der Waals surface area contributed by atoms with E-state index in [1.54, 1.807) is 12.4 Å². The van der Waals surface area contributed by atoms with Gasteiger partial charge in [0.15, 0.2) is 0 Å². The molecule has 5 heteroatoms. The molecule has 2 aromatic rings. The summed E-state index contributed by atoms with van der Waals surface area (Å²) in [6.07, 6.45) is 4.58. The van der Waals surface area contributed by atoms with E-state index in [0.29, 0.717) is 0 Å². The van der Waals surface area contributed by atoms with Crippen LogP contribution in [0.3, 0.4) is 0 Å². The Labute approximate surface area is 124 Å². The fourth-order valence-corrected chi connectivity index (χ4v) is 1.95. The van der Waals surface area contributed by atoms with Crippen LogP contribution < -0.4 is 10.2 Å². The van der Waals surface area contributed by atoms with Crippen LogP contribution in [-0.4, -0.2) is 23.6 Å². The van der Waals surface area contributed by atoms with Crippen LogP contribution >= 0.6 is 11.6 Å². The number of hydrogen-bond donors (Lipinski definition) is 1. The third-order valence-electron chi connectivity index (χ3n) is 2.90. The summed E-state index contributed by atoms with van der Waals surface area (Å²) in [5.74, 6) is 1.66. The Morgan fingerprint density at radius 1 is 1.20 bits per heavy atom. The fourth-order valence-electron chi connectivity index (χ4n) is 1.82. The summed E-state index contributed by atoms with van der Waals surface area (Å²) in [6, 6.07) is 7.84. The molecule has 0 atom stereocenters. The average Bonchev–Trinajstić information content (AvgIpc) is 2.48. The maximum atomic E-state index is 5.89. The van der Waals surface area contributed by atoms with Crippen molar-refractivity contribution in [2.75, 3.05) is 23.8 Å². The molecule has 0 radical (unpaired) electrons. The van der Waals surface area contributed by atoms with Gasteiger partial charge in [-0.3, -0.25) is 4.98 Å². The molecule has 1 heterocycles. The summed E-state index contributed by atoms with van der Waals surface area (Å²) in [6.45, 7) is 3.79. The normalized spacial score (nSPS) is 10.3. The quantitative estimate of drug-likeness (QED) is 0.883. The van der Waals surface area contributed by atoms with Gasteiger partial charge < -0.3 is 10.2 Å². The lowest BCUT2D eigenvalue weighted by molar-refractivity contribution is 0.885. The SMILES string of the molecule is CCCNc1cncc(N(C)Cc2ccc(Cl)cc2)n1. The van der Waals surface area contributed by atoms with Crippen LogP contribution in [0.5, 0.6) is 0 Å². The minimum Gasteiger partial charge on any atom is -0.369 e. The average molecular weight is 291 g/mol. The van der Waals surface area contributed by atoms with Crippen LogP contribution in [0.1, 0.15) is 18.9 Å². The minimum atomic E-state index is 0.752. The zero-order chi connectivity index (χ0) is 14.4. The van der Waals surface area contributed by atoms with Gasteiger partial charge in [0, 0.05) is 25.2 Å². The molecule has 0 saturated carbocycles. The van der Waals surface area contributed by atoms with E-state index in [0.717, 1.165) is 36.2 Å². The van der Waals surface area contributed by atoms with Crippen LogP contribution in [-0.2, 0) is 6.54 Å². The molecule has 0 spiro atoms. The molecule has 20 heavy (non-hydrogen) atoms. The predicted octanol–water partition coefficient (Wildman–Crippen LogP) is 3.59. The maximum absolute atomic E-state index is 5.89. The van der Waals surface area contributed by atoms with Crippen molar-refractivity contribution < 1.29 is 0 Å². The lowest BCUT2D eigenvalue weighted by atomic mass is 10.2. The van der Waals surface area contributed by atoms with Crippen molar-refractivity contribution >= 4 is 23.2 Å². The number of rotatable bonds is 6. The number of nitrogens with zero attached hydrogens (tertiary/aromatic N) is 3. The highest BCUT2D eigenvalue weighted by Gasteiger charge is 2.05. The first kappa shape index (κ1) is 14.6. The number of halogens is 1. The minimum absolute atomic E-state index is 0.752. The molecule has 106 valence electrons. The van der Waals surface area contributed by atoms with E-state index in [9.17, 15) is 0 Å². The zero-order valence-electron chi connectivity index (χ0n) is 11.8. The Balaban J connectivity index is 2.04. The van der Waals surface area contributed by atoms with E-state index < -0.39 is 0 Å². The highest BCUT2D eigenvalue weighted by atomic mass is 35.5. The molecule has 0 saturated heterocycles. The second-order valence-corrected chi connectivity index (χ2v) is 5.11. The van der Waals surface area contributed by atoms with E-state index in [1.165, 1.54) is 5.56 Å². The largest absolute Gasteiger partial charge is 0.369 e. The van der Waals surface area contributed by atoms with Crippen molar-refractivity contribution in [1.29, 1.82) is 0 Å².